The van der Waals surface area contributed by atoms with Gasteiger partial charge < -0.3 is 15.3 Å². The molecule has 1 atom stereocenters. The highest BCUT2D eigenvalue weighted by atomic mass is 79.9. The normalized spacial score (nSPS) is 17.4. The first-order valence-corrected chi connectivity index (χ1v) is 9.97. The molecule has 2 heterocycles. The number of likely N-dealkylation sites (tertiary alicyclic amines) is 1. The summed E-state index contributed by atoms with van der Waals surface area (Å²) in [6.07, 6.45) is 2.25. The number of nitrogens with one attached hydrogen (secondary N) is 1. The molecule has 0 saturated carbocycles. The Labute approximate surface area is 172 Å². The molecule has 142 valence electrons. The number of likely N-dealkylation sites (N-methyl/N-ethyl adjacent to an activating group) is 1. The highest BCUT2D eigenvalue weighted by molar-refractivity contribution is 9.10. The second-order valence-corrected chi connectivity index (χ2v) is 7.97. The van der Waals surface area contributed by atoms with E-state index in [1.165, 1.54) is 6.07 Å². The Morgan fingerprint density at radius 1 is 1.29 bits per heavy atom. The maximum Gasteiger partial charge on any atom is 0.190 e. The van der Waals surface area contributed by atoms with Crippen molar-refractivity contribution in [1.82, 2.24) is 15.1 Å². The minimum atomic E-state index is 0.0266. The first kappa shape index (κ1) is 18.7. The molecule has 0 aliphatic carbocycles. The van der Waals surface area contributed by atoms with Gasteiger partial charge in [0.1, 0.15) is 11.4 Å². The molecule has 0 amide bonds. The first-order valence-electron chi connectivity index (χ1n) is 9.17. The van der Waals surface area contributed by atoms with Crippen molar-refractivity contribution in [2.75, 3.05) is 25.5 Å². The standard InChI is InChI=1S/C21H20BrN5O/c1-23-13-8-9-15(18(28)11-13)20-16-6-3-7-17(22)19(16)21(26-25-20)24-14-5-4-10-27(2)12-14/h3,6-9,11,14,28H,4-5,10,12H2,2H3,(H,24,26)/t14-/m1/s1. The predicted molar refractivity (Wildman–Crippen MR) is 115 cm³/mol. The lowest BCUT2D eigenvalue weighted by molar-refractivity contribution is 0.261. The monoisotopic (exact) mass is 437 g/mol. The molecule has 0 unspecified atom stereocenters. The van der Waals surface area contributed by atoms with Gasteiger partial charge in [0.25, 0.3) is 0 Å². The SMILES string of the molecule is [C-]#[N+]c1ccc(-c2nnc(N[C@@H]3CCCN(C)C3)c3c(Br)cccc23)c(O)c1. The van der Waals surface area contributed by atoms with Gasteiger partial charge >= 0.3 is 0 Å². The summed E-state index contributed by atoms with van der Waals surface area (Å²) >= 11 is 3.65. The van der Waals surface area contributed by atoms with E-state index in [-0.39, 0.29) is 5.75 Å². The van der Waals surface area contributed by atoms with E-state index < -0.39 is 0 Å². The van der Waals surface area contributed by atoms with Crippen LogP contribution in [0.4, 0.5) is 11.5 Å². The zero-order valence-electron chi connectivity index (χ0n) is 15.5. The number of aromatic nitrogens is 2. The van der Waals surface area contributed by atoms with Crippen LogP contribution in [-0.4, -0.2) is 46.4 Å². The average molecular weight is 438 g/mol. The highest BCUT2D eigenvalue weighted by Gasteiger charge is 2.21. The van der Waals surface area contributed by atoms with Gasteiger partial charge in [0.15, 0.2) is 11.5 Å². The molecular formula is C21H20BrN5O. The largest absolute Gasteiger partial charge is 0.509 e. The van der Waals surface area contributed by atoms with E-state index in [9.17, 15) is 5.11 Å². The van der Waals surface area contributed by atoms with Crippen LogP contribution in [0.3, 0.4) is 0 Å². The van der Waals surface area contributed by atoms with E-state index in [4.69, 9.17) is 6.57 Å². The van der Waals surface area contributed by atoms with Crippen molar-refractivity contribution < 1.29 is 5.11 Å². The minimum Gasteiger partial charge on any atom is -0.509 e. The fraction of sp³-hybridized carbons (Fsp3) is 0.286. The third-order valence-electron chi connectivity index (χ3n) is 5.09. The Balaban J connectivity index is 1.81. The maximum absolute atomic E-state index is 10.4. The molecule has 1 aliphatic rings. The van der Waals surface area contributed by atoms with Gasteiger partial charge in [-0.25, -0.2) is 4.85 Å². The third kappa shape index (κ3) is 3.53. The molecule has 1 saturated heterocycles. The number of hydrogen-bond donors (Lipinski definition) is 2. The molecule has 3 aromatic rings. The molecule has 6 nitrogen and oxygen atoms in total. The smallest absolute Gasteiger partial charge is 0.190 e. The number of piperidine rings is 1. The fourth-order valence-corrected chi connectivity index (χ4v) is 4.29. The van der Waals surface area contributed by atoms with Crippen molar-refractivity contribution in [2.24, 2.45) is 0 Å². The van der Waals surface area contributed by atoms with Crippen molar-refractivity contribution in [3.05, 3.63) is 52.3 Å². The van der Waals surface area contributed by atoms with E-state index in [2.05, 4.69) is 48.2 Å². The van der Waals surface area contributed by atoms with Gasteiger partial charge in [0.2, 0.25) is 0 Å². The minimum absolute atomic E-state index is 0.0266. The van der Waals surface area contributed by atoms with Crippen LogP contribution in [0.25, 0.3) is 26.9 Å². The summed E-state index contributed by atoms with van der Waals surface area (Å²) < 4.78 is 0.921. The fourth-order valence-electron chi connectivity index (χ4n) is 3.73. The van der Waals surface area contributed by atoms with Gasteiger partial charge in [-0.3, -0.25) is 0 Å². The Bertz CT molecular complexity index is 1080. The number of benzene rings is 2. The number of nitrogens with zero attached hydrogens (tertiary/aromatic N) is 4. The number of fused-ring (bicyclic) bond motifs is 1. The molecule has 7 heteroatoms. The summed E-state index contributed by atoms with van der Waals surface area (Å²) in [6.45, 7) is 9.19. The Morgan fingerprint density at radius 3 is 2.89 bits per heavy atom. The summed E-state index contributed by atoms with van der Waals surface area (Å²) in [5.74, 6) is 0.766. The third-order valence-corrected chi connectivity index (χ3v) is 5.75. The van der Waals surface area contributed by atoms with Gasteiger partial charge in [-0.1, -0.05) is 40.2 Å². The number of phenols is 1. The van der Waals surface area contributed by atoms with Gasteiger partial charge in [-0.2, -0.15) is 0 Å². The summed E-state index contributed by atoms with van der Waals surface area (Å²) in [4.78, 5) is 5.68. The average Bonchev–Trinajstić information content (AvgIpc) is 2.68. The highest BCUT2D eigenvalue weighted by Crippen LogP contribution is 2.39. The van der Waals surface area contributed by atoms with Gasteiger partial charge in [0.05, 0.1) is 6.57 Å². The Kier molecular flexibility index (Phi) is 5.16. The van der Waals surface area contributed by atoms with Crippen LogP contribution in [0.1, 0.15) is 12.8 Å². The molecule has 0 bridgehead atoms. The van der Waals surface area contributed by atoms with Crippen LogP contribution >= 0.6 is 15.9 Å². The number of phenolic OH excluding ortho intramolecular Hbond substituents is 1. The topological polar surface area (TPSA) is 65.6 Å². The van der Waals surface area contributed by atoms with Gasteiger partial charge in [-0.15, -0.1) is 10.2 Å². The van der Waals surface area contributed by atoms with Gasteiger partial charge in [-0.05, 0) is 38.6 Å². The maximum atomic E-state index is 10.4. The van der Waals surface area contributed by atoms with E-state index in [0.29, 0.717) is 23.0 Å². The molecule has 1 fully saturated rings. The van der Waals surface area contributed by atoms with Crippen molar-refractivity contribution in [3.63, 3.8) is 0 Å². The molecule has 2 N–H and O–H groups in total. The number of anilines is 1. The van der Waals surface area contributed by atoms with Crippen molar-refractivity contribution in [1.29, 1.82) is 0 Å². The number of halogens is 1. The van der Waals surface area contributed by atoms with Crippen molar-refractivity contribution in [2.45, 2.75) is 18.9 Å². The number of aromatic hydroxyl groups is 1. The molecule has 0 spiro atoms. The van der Waals surface area contributed by atoms with Crippen LogP contribution in [0.15, 0.2) is 40.9 Å². The van der Waals surface area contributed by atoms with Crippen molar-refractivity contribution >= 4 is 38.2 Å². The molecular weight excluding hydrogens is 418 g/mol. The zero-order valence-corrected chi connectivity index (χ0v) is 17.1. The van der Waals surface area contributed by atoms with Crippen LogP contribution < -0.4 is 5.32 Å². The lowest BCUT2D eigenvalue weighted by atomic mass is 10.0. The van der Waals surface area contributed by atoms with E-state index >= 15 is 0 Å². The predicted octanol–water partition coefficient (Wildman–Crippen LogP) is 4.82. The summed E-state index contributed by atoms with van der Waals surface area (Å²) in [5.41, 5.74) is 1.54. The molecule has 4 rings (SSSR count). The second-order valence-electron chi connectivity index (χ2n) is 7.12. The number of rotatable bonds is 3. The lowest BCUT2D eigenvalue weighted by Crippen LogP contribution is -2.40. The van der Waals surface area contributed by atoms with Crippen LogP contribution in [0.5, 0.6) is 5.75 Å². The zero-order chi connectivity index (χ0) is 19.7. The number of hydrogen-bond acceptors (Lipinski definition) is 5. The summed E-state index contributed by atoms with van der Waals surface area (Å²) in [7, 11) is 2.13. The molecule has 2 aromatic carbocycles. The summed E-state index contributed by atoms with van der Waals surface area (Å²) in [6, 6.07) is 11.1. The molecule has 28 heavy (non-hydrogen) atoms. The summed E-state index contributed by atoms with van der Waals surface area (Å²) in [5, 5.41) is 24.7. The van der Waals surface area contributed by atoms with Crippen molar-refractivity contribution in [3.8, 4) is 17.0 Å². The van der Waals surface area contributed by atoms with Crippen LogP contribution in [0.2, 0.25) is 0 Å². The van der Waals surface area contributed by atoms with Crippen LogP contribution in [0, 0.1) is 6.57 Å². The second kappa shape index (κ2) is 7.74. The van der Waals surface area contributed by atoms with E-state index in [1.807, 2.05) is 18.2 Å². The van der Waals surface area contributed by atoms with Gasteiger partial charge in [0, 0.05) is 33.4 Å². The quantitative estimate of drug-likeness (QED) is 0.574. The Hall–Kier alpha value is -2.69. The molecule has 0 radical (unpaired) electrons. The molecule has 1 aliphatic heterocycles. The van der Waals surface area contributed by atoms with E-state index in [1.54, 1.807) is 12.1 Å². The Morgan fingerprint density at radius 2 is 2.14 bits per heavy atom. The van der Waals surface area contributed by atoms with Crippen LogP contribution in [-0.2, 0) is 0 Å². The molecule has 1 aromatic heterocycles. The lowest BCUT2D eigenvalue weighted by Gasteiger charge is -2.30. The first-order chi connectivity index (χ1) is 13.6. The van der Waals surface area contributed by atoms with E-state index in [0.717, 1.165) is 47.0 Å².